The molecule has 0 radical (unpaired) electrons. The van der Waals surface area contributed by atoms with Crippen molar-refractivity contribution in [3.63, 3.8) is 0 Å². The van der Waals surface area contributed by atoms with Crippen LogP contribution in [0, 0.1) is 0 Å². The number of hydrogen-bond donors (Lipinski definition) is 0. The summed E-state index contributed by atoms with van der Waals surface area (Å²) in [6, 6.07) is 4.02. The van der Waals surface area contributed by atoms with Crippen LogP contribution in [0.15, 0.2) is 22.8 Å². The summed E-state index contributed by atoms with van der Waals surface area (Å²) in [4.78, 5) is 4.98. The molecule has 0 amide bonds. The molecule has 1 atom stereocenters. The molecular weight excluding hydrogens is 304 g/mol. The lowest BCUT2D eigenvalue weighted by Crippen LogP contribution is -2.43. The van der Waals surface area contributed by atoms with Crippen LogP contribution in [0.5, 0.6) is 0 Å². The second kappa shape index (κ2) is 7.56. The van der Waals surface area contributed by atoms with Crippen LogP contribution in [0.3, 0.4) is 0 Å². The van der Waals surface area contributed by atoms with Crippen LogP contribution in [-0.2, 0) is 16.0 Å². The van der Waals surface area contributed by atoms with Crippen molar-refractivity contribution in [2.75, 3.05) is 45.9 Å². The Hall–Kier alpha value is -0.880. The van der Waals surface area contributed by atoms with Crippen molar-refractivity contribution in [3.8, 4) is 0 Å². The number of nitrogens with zero attached hydrogens (tertiary/aromatic N) is 2. The molecule has 24 heavy (non-hydrogen) atoms. The third-order valence-corrected chi connectivity index (χ3v) is 5.86. The zero-order chi connectivity index (χ0) is 16.2. The van der Waals surface area contributed by atoms with Crippen molar-refractivity contribution in [1.82, 2.24) is 9.80 Å². The van der Waals surface area contributed by atoms with E-state index < -0.39 is 0 Å². The molecule has 4 rings (SSSR count). The van der Waals surface area contributed by atoms with Gasteiger partial charge in [0, 0.05) is 26.1 Å². The van der Waals surface area contributed by atoms with E-state index in [-0.39, 0.29) is 5.60 Å². The molecule has 3 aliphatic rings. The first-order valence-electron chi connectivity index (χ1n) is 9.54. The van der Waals surface area contributed by atoms with Crippen molar-refractivity contribution < 1.29 is 13.9 Å². The molecule has 0 bridgehead atoms. The normalized spacial score (nSPS) is 28.1. The van der Waals surface area contributed by atoms with Crippen LogP contribution in [0.4, 0.5) is 0 Å². The van der Waals surface area contributed by atoms with E-state index in [9.17, 15) is 0 Å². The van der Waals surface area contributed by atoms with Gasteiger partial charge in [0.05, 0.1) is 37.7 Å². The Balaban J connectivity index is 1.17. The Morgan fingerprint density at radius 3 is 2.71 bits per heavy atom. The SMILES string of the molecule is c1coc(CN2CCC3(CC2)C[C@H](OCCN2CCCC2)CO3)c1. The predicted octanol–water partition coefficient (Wildman–Crippen LogP) is 2.52. The molecule has 5 nitrogen and oxygen atoms in total. The molecule has 3 saturated heterocycles. The molecule has 1 spiro atoms. The van der Waals surface area contributed by atoms with Gasteiger partial charge in [-0.15, -0.1) is 0 Å². The van der Waals surface area contributed by atoms with Crippen molar-refractivity contribution in [2.24, 2.45) is 0 Å². The molecule has 134 valence electrons. The Labute approximate surface area is 144 Å². The van der Waals surface area contributed by atoms with E-state index in [1.807, 2.05) is 6.07 Å². The van der Waals surface area contributed by atoms with E-state index in [0.29, 0.717) is 6.10 Å². The standard InChI is InChI=1S/C19H30N2O3/c1-2-8-20(7-1)11-13-23-18-14-19(24-16-18)5-9-21(10-6-19)15-17-4-3-12-22-17/h3-4,12,18H,1-2,5-11,13-16H2/t18-/m0/s1. The van der Waals surface area contributed by atoms with E-state index in [0.717, 1.165) is 64.4 Å². The first-order valence-corrected chi connectivity index (χ1v) is 9.54. The number of likely N-dealkylation sites (tertiary alicyclic amines) is 2. The molecule has 0 aromatic carbocycles. The molecule has 5 heteroatoms. The van der Waals surface area contributed by atoms with Crippen molar-refractivity contribution >= 4 is 0 Å². The zero-order valence-electron chi connectivity index (χ0n) is 14.6. The summed E-state index contributed by atoms with van der Waals surface area (Å²) in [6.07, 6.45) is 8.05. The summed E-state index contributed by atoms with van der Waals surface area (Å²) in [6.45, 7) is 8.30. The van der Waals surface area contributed by atoms with Gasteiger partial charge in [0.1, 0.15) is 5.76 Å². The fraction of sp³-hybridized carbons (Fsp3) is 0.789. The molecule has 3 aliphatic heterocycles. The molecule has 0 N–H and O–H groups in total. The van der Waals surface area contributed by atoms with Gasteiger partial charge >= 0.3 is 0 Å². The molecule has 0 aliphatic carbocycles. The van der Waals surface area contributed by atoms with E-state index in [2.05, 4.69) is 15.9 Å². The first-order chi connectivity index (χ1) is 11.8. The average Bonchev–Trinajstić information content (AvgIpc) is 3.34. The zero-order valence-corrected chi connectivity index (χ0v) is 14.6. The summed E-state index contributed by atoms with van der Waals surface area (Å²) in [5, 5.41) is 0. The van der Waals surface area contributed by atoms with Crippen LogP contribution in [0.1, 0.15) is 37.9 Å². The van der Waals surface area contributed by atoms with Crippen molar-refractivity contribution in [2.45, 2.75) is 50.4 Å². The second-order valence-corrected chi connectivity index (χ2v) is 7.60. The molecule has 0 saturated carbocycles. The average molecular weight is 334 g/mol. The van der Waals surface area contributed by atoms with E-state index in [4.69, 9.17) is 13.9 Å². The highest BCUT2D eigenvalue weighted by atomic mass is 16.6. The Morgan fingerprint density at radius 2 is 1.96 bits per heavy atom. The fourth-order valence-corrected chi connectivity index (χ4v) is 4.35. The third-order valence-electron chi connectivity index (χ3n) is 5.86. The third kappa shape index (κ3) is 4.02. The number of furan rings is 1. The van der Waals surface area contributed by atoms with Crippen LogP contribution in [0.25, 0.3) is 0 Å². The first kappa shape index (κ1) is 16.6. The summed E-state index contributed by atoms with van der Waals surface area (Å²) in [7, 11) is 0. The predicted molar refractivity (Wildman–Crippen MR) is 91.9 cm³/mol. The minimum absolute atomic E-state index is 0.0674. The van der Waals surface area contributed by atoms with Crippen molar-refractivity contribution in [3.05, 3.63) is 24.2 Å². The maximum atomic E-state index is 6.21. The van der Waals surface area contributed by atoms with E-state index in [1.54, 1.807) is 6.26 Å². The Morgan fingerprint density at radius 1 is 1.12 bits per heavy atom. The van der Waals surface area contributed by atoms with Gasteiger partial charge < -0.3 is 18.8 Å². The van der Waals surface area contributed by atoms with Gasteiger partial charge in [-0.25, -0.2) is 0 Å². The van der Waals surface area contributed by atoms with E-state index in [1.165, 1.54) is 25.9 Å². The number of piperidine rings is 1. The minimum Gasteiger partial charge on any atom is -0.468 e. The van der Waals surface area contributed by atoms with E-state index >= 15 is 0 Å². The summed E-state index contributed by atoms with van der Waals surface area (Å²) >= 11 is 0. The summed E-state index contributed by atoms with van der Waals surface area (Å²) in [5.74, 6) is 1.06. The molecule has 3 fully saturated rings. The minimum atomic E-state index is 0.0674. The molecule has 1 aromatic heterocycles. The van der Waals surface area contributed by atoms with Gasteiger partial charge in [-0.1, -0.05) is 0 Å². The molecule has 0 unspecified atom stereocenters. The number of hydrogen-bond acceptors (Lipinski definition) is 5. The van der Waals surface area contributed by atoms with Gasteiger partial charge in [-0.05, 0) is 50.9 Å². The van der Waals surface area contributed by atoms with Crippen LogP contribution >= 0.6 is 0 Å². The summed E-state index contributed by atoms with van der Waals surface area (Å²) in [5.41, 5.74) is 0.0674. The van der Waals surface area contributed by atoms with Gasteiger partial charge in [-0.2, -0.15) is 0 Å². The fourth-order valence-electron chi connectivity index (χ4n) is 4.35. The van der Waals surface area contributed by atoms with Crippen molar-refractivity contribution in [1.29, 1.82) is 0 Å². The maximum absolute atomic E-state index is 6.21. The van der Waals surface area contributed by atoms with Crippen LogP contribution < -0.4 is 0 Å². The van der Waals surface area contributed by atoms with Crippen LogP contribution in [-0.4, -0.2) is 67.4 Å². The number of ether oxygens (including phenoxy) is 2. The molecule has 1 aromatic rings. The lowest BCUT2D eigenvalue weighted by molar-refractivity contribution is -0.0475. The Bertz CT molecular complexity index is 491. The van der Waals surface area contributed by atoms with Gasteiger partial charge in [0.2, 0.25) is 0 Å². The smallest absolute Gasteiger partial charge is 0.117 e. The lowest BCUT2D eigenvalue weighted by Gasteiger charge is -2.38. The lowest BCUT2D eigenvalue weighted by atomic mass is 9.88. The van der Waals surface area contributed by atoms with Crippen LogP contribution in [0.2, 0.25) is 0 Å². The van der Waals surface area contributed by atoms with Gasteiger partial charge in [0.25, 0.3) is 0 Å². The van der Waals surface area contributed by atoms with Gasteiger partial charge in [0.15, 0.2) is 0 Å². The quantitative estimate of drug-likeness (QED) is 0.799. The highest BCUT2D eigenvalue weighted by molar-refractivity contribution is 5.00. The topological polar surface area (TPSA) is 38.1 Å². The second-order valence-electron chi connectivity index (χ2n) is 7.60. The highest BCUT2D eigenvalue weighted by Gasteiger charge is 2.43. The summed E-state index contributed by atoms with van der Waals surface area (Å²) < 4.78 is 17.8. The Kier molecular flexibility index (Phi) is 5.22. The highest BCUT2D eigenvalue weighted by Crippen LogP contribution is 2.37. The van der Waals surface area contributed by atoms with Gasteiger partial charge in [-0.3, -0.25) is 4.90 Å². The maximum Gasteiger partial charge on any atom is 0.117 e. The molecule has 4 heterocycles. The number of rotatable bonds is 6. The molecular formula is C19H30N2O3. The largest absolute Gasteiger partial charge is 0.468 e. The monoisotopic (exact) mass is 334 g/mol.